The van der Waals surface area contributed by atoms with Crippen LogP contribution in [0.5, 0.6) is 5.75 Å². The Morgan fingerprint density at radius 2 is 1.91 bits per heavy atom. The Labute approximate surface area is 208 Å². The number of hydrogen-bond acceptors (Lipinski definition) is 6. The molecule has 0 unspecified atom stereocenters. The number of carbonyl (C=O) groups is 4. The second-order valence-electron chi connectivity index (χ2n) is 6.77. The lowest BCUT2D eigenvalue weighted by molar-refractivity contribution is -0.139. The van der Waals surface area contributed by atoms with E-state index in [0.29, 0.717) is 31.5 Å². The predicted octanol–water partition coefficient (Wildman–Crippen LogP) is 4.45. The molecule has 2 aromatic carbocycles. The van der Waals surface area contributed by atoms with Crippen LogP contribution in [0.25, 0.3) is 6.08 Å². The van der Waals surface area contributed by atoms with Crippen LogP contribution in [0.15, 0.2) is 47.4 Å². The van der Waals surface area contributed by atoms with Crippen molar-refractivity contribution < 1.29 is 42.2 Å². The zero-order valence-corrected chi connectivity index (χ0v) is 19.9. The molecular weight excluding hydrogens is 592 g/mol. The standard InChI is InChI=1S/C21H14F3IN2O6S/c22-21(23,24)12-2-1-3-13(8-12)26-17(28)9-27-19(31)16(34-20(27)32)7-11-4-5-15(14(25)6-11)33-10-18(29)30/h1-8H,9-10H2,(H,26,28)(H,29,30)/b16-7-. The number of halogens is 4. The largest absolute Gasteiger partial charge is 0.481 e. The highest BCUT2D eigenvalue weighted by molar-refractivity contribution is 14.1. The van der Waals surface area contributed by atoms with Crippen LogP contribution in [0, 0.1) is 3.57 Å². The van der Waals surface area contributed by atoms with E-state index >= 15 is 0 Å². The Kier molecular flexibility index (Phi) is 7.86. The number of nitrogens with zero attached hydrogens (tertiary/aromatic N) is 1. The van der Waals surface area contributed by atoms with Crippen LogP contribution < -0.4 is 10.1 Å². The summed E-state index contributed by atoms with van der Waals surface area (Å²) in [5, 5.41) is 10.2. The van der Waals surface area contributed by atoms with Gasteiger partial charge in [-0.15, -0.1) is 0 Å². The lowest BCUT2D eigenvalue weighted by Gasteiger charge is -2.13. The zero-order chi connectivity index (χ0) is 25.0. The minimum atomic E-state index is -4.59. The van der Waals surface area contributed by atoms with E-state index in [1.807, 2.05) is 22.6 Å². The van der Waals surface area contributed by atoms with Gasteiger partial charge in [0.05, 0.1) is 14.0 Å². The van der Waals surface area contributed by atoms with Gasteiger partial charge in [0.2, 0.25) is 5.91 Å². The van der Waals surface area contributed by atoms with Gasteiger partial charge in [-0.1, -0.05) is 12.1 Å². The summed E-state index contributed by atoms with van der Waals surface area (Å²) in [6, 6.07) is 8.68. The molecule has 0 radical (unpaired) electrons. The summed E-state index contributed by atoms with van der Waals surface area (Å²) in [5.74, 6) is -2.36. The van der Waals surface area contributed by atoms with Gasteiger partial charge >= 0.3 is 12.1 Å². The number of carboxylic acid groups (broad SMARTS) is 1. The number of aliphatic carboxylic acids is 1. The number of carbonyl (C=O) groups excluding carboxylic acids is 3. The average Bonchev–Trinajstić information content (AvgIpc) is 3.00. The first-order valence-corrected chi connectivity index (χ1v) is 11.2. The number of anilines is 1. The highest BCUT2D eigenvalue weighted by atomic mass is 127. The molecule has 3 amide bonds. The number of amides is 3. The van der Waals surface area contributed by atoms with E-state index in [9.17, 15) is 32.3 Å². The van der Waals surface area contributed by atoms with Crippen LogP contribution in [-0.2, 0) is 20.6 Å². The molecule has 1 heterocycles. The Hall–Kier alpha value is -3.07. The van der Waals surface area contributed by atoms with E-state index in [4.69, 9.17) is 9.84 Å². The summed E-state index contributed by atoms with van der Waals surface area (Å²) in [6.07, 6.45) is -3.16. The first-order valence-electron chi connectivity index (χ1n) is 9.30. The van der Waals surface area contributed by atoms with E-state index in [1.165, 1.54) is 18.2 Å². The number of rotatable bonds is 7. The van der Waals surface area contributed by atoms with Gasteiger partial charge in [-0.25, -0.2) is 4.79 Å². The Morgan fingerprint density at radius 3 is 2.56 bits per heavy atom. The second kappa shape index (κ2) is 10.5. The average molecular weight is 606 g/mol. The SMILES string of the molecule is O=C(O)COc1ccc(/C=C2\SC(=O)N(CC(=O)Nc3cccc(C(F)(F)F)c3)C2=O)cc1I. The smallest absolute Gasteiger partial charge is 0.416 e. The molecule has 0 saturated carbocycles. The number of ether oxygens (including phenoxy) is 1. The molecule has 1 saturated heterocycles. The molecule has 0 atom stereocenters. The summed E-state index contributed by atoms with van der Waals surface area (Å²) in [7, 11) is 0. The molecule has 178 valence electrons. The maximum Gasteiger partial charge on any atom is 0.416 e. The highest BCUT2D eigenvalue weighted by Gasteiger charge is 2.36. The molecule has 0 aliphatic carbocycles. The van der Waals surface area contributed by atoms with Crippen LogP contribution in [0.3, 0.4) is 0 Å². The molecule has 2 N–H and O–H groups in total. The topological polar surface area (TPSA) is 113 Å². The predicted molar refractivity (Wildman–Crippen MR) is 125 cm³/mol. The summed E-state index contributed by atoms with van der Waals surface area (Å²) in [4.78, 5) is 48.5. The van der Waals surface area contributed by atoms with E-state index in [-0.39, 0.29) is 10.6 Å². The van der Waals surface area contributed by atoms with Crippen molar-refractivity contribution in [3.8, 4) is 5.75 Å². The third-order valence-corrected chi connectivity index (χ3v) is 6.00. The van der Waals surface area contributed by atoms with Gasteiger partial charge in [-0.3, -0.25) is 19.3 Å². The molecule has 34 heavy (non-hydrogen) atoms. The maximum atomic E-state index is 12.8. The molecule has 0 aromatic heterocycles. The quantitative estimate of drug-likeness (QED) is 0.354. The minimum absolute atomic E-state index is 0.0480. The fourth-order valence-corrected chi connectivity index (χ4v) is 4.30. The van der Waals surface area contributed by atoms with Crippen LogP contribution in [0.4, 0.5) is 23.7 Å². The van der Waals surface area contributed by atoms with Gasteiger partial charge in [0.15, 0.2) is 6.61 Å². The molecule has 3 rings (SSSR count). The number of carboxylic acids is 1. The fourth-order valence-electron chi connectivity index (χ4n) is 2.77. The third-order valence-electron chi connectivity index (χ3n) is 4.25. The van der Waals surface area contributed by atoms with Gasteiger partial charge < -0.3 is 15.2 Å². The lowest BCUT2D eigenvalue weighted by Crippen LogP contribution is -2.36. The van der Waals surface area contributed by atoms with E-state index in [0.717, 1.165) is 18.2 Å². The number of nitrogens with one attached hydrogen (secondary N) is 1. The Bertz CT molecular complexity index is 1200. The molecule has 1 aliphatic rings. The molecule has 8 nitrogen and oxygen atoms in total. The summed E-state index contributed by atoms with van der Waals surface area (Å²) in [5.41, 5.74) is -0.540. The fraction of sp³-hybridized carbons (Fsp3) is 0.143. The maximum absolute atomic E-state index is 12.8. The van der Waals surface area contributed by atoms with Crippen LogP contribution in [0.2, 0.25) is 0 Å². The molecule has 0 bridgehead atoms. The number of imide groups is 1. The molecule has 13 heteroatoms. The van der Waals surface area contributed by atoms with E-state index < -0.39 is 47.9 Å². The van der Waals surface area contributed by atoms with Crippen molar-refractivity contribution in [2.24, 2.45) is 0 Å². The first-order chi connectivity index (χ1) is 15.9. The minimum Gasteiger partial charge on any atom is -0.481 e. The second-order valence-corrected chi connectivity index (χ2v) is 8.92. The zero-order valence-electron chi connectivity index (χ0n) is 16.9. The van der Waals surface area contributed by atoms with Crippen molar-refractivity contribution in [2.75, 3.05) is 18.5 Å². The van der Waals surface area contributed by atoms with Gasteiger partial charge in [0.25, 0.3) is 11.1 Å². The van der Waals surface area contributed by atoms with E-state index in [2.05, 4.69) is 5.32 Å². The molecule has 1 fully saturated rings. The van der Waals surface area contributed by atoms with Gasteiger partial charge in [0, 0.05) is 5.69 Å². The summed E-state index contributed by atoms with van der Waals surface area (Å²) >= 11 is 2.54. The number of alkyl halides is 3. The lowest BCUT2D eigenvalue weighted by atomic mass is 10.2. The normalized spacial score (nSPS) is 15.1. The number of benzene rings is 2. The number of thioether (sulfide) groups is 1. The first kappa shape index (κ1) is 25.6. The Morgan fingerprint density at radius 1 is 1.18 bits per heavy atom. The number of hydrogen-bond donors (Lipinski definition) is 2. The summed E-state index contributed by atoms with van der Waals surface area (Å²) < 4.78 is 44.2. The Balaban J connectivity index is 1.67. The van der Waals surface area contributed by atoms with Crippen molar-refractivity contribution in [1.29, 1.82) is 0 Å². The van der Waals surface area contributed by atoms with Crippen LogP contribution >= 0.6 is 34.4 Å². The van der Waals surface area contributed by atoms with Crippen molar-refractivity contribution in [1.82, 2.24) is 4.90 Å². The molecule has 0 spiro atoms. The third kappa shape index (κ3) is 6.50. The summed E-state index contributed by atoms with van der Waals surface area (Å²) in [6.45, 7) is -1.19. The van der Waals surface area contributed by atoms with Crippen LogP contribution in [0.1, 0.15) is 11.1 Å². The van der Waals surface area contributed by atoms with Crippen molar-refractivity contribution in [2.45, 2.75) is 6.18 Å². The molecular formula is C21H14F3IN2O6S. The van der Waals surface area contributed by atoms with Crippen molar-refractivity contribution in [3.05, 3.63) is 62.1 Å². The molecule has 1 aliphatic heterocycles. The highest BCUT2D eigenvalue weighted by Crippen LogP contribution is 2.34. The van der Waals surface area contributed by atoms with Crippen molar-refractivity contribution in [3.63, 3.8) is 0 Å². The van der Waals surface area contributed by atoms with Crippen molar-refractivity contribution >= 4 is 69.1 Å². The van der Waals surface area contributed by atoms with Gasteiger partial charge in [-0.2, -0.15) is 13.2 Å². The van der Waals surface area contributed by atoms with Gasteiger partial charge in [0.1, 0.15) is 12.3 Å². The van der Waals surface area contributed by atoms with Gasteiger partial charge in [-0.05, 0) is 76.3 Å². The monoisotopic (exact) mass is 606 g/mol. The van der Waals surface area contributed by atoms with Crippen LogP contribution in [-0.4, -0.2) is 46.2 Å². The molecule has 2 aromatic rings. The van der Waals surface area contributed by atoms with E-state index in [1.54, 1.807) is 12.1 Å².